The summed E-state index contributed by atoms with van der Waals surface area (Å²) in [4.78, 5) is 28.4. The van der Waals surface area contributed by atoms with Gasteiger partial charge in [-0.3, -0.25) is 19.4 Å². The Kier molecular flexibility index (Phi) is 4.55. The van der Waals surface area contributed by atoms with Gasteiger partial charge in [0.1, 0.15) is 0 Å². The standard InChI is InChI=1S/C17H22N2O3/c20-12-4-3-9-18(13-7-8-13)10-11-19-16(21)14-5-1-2-6-15(14)17(19)22/h1-2,5-6,13,20H,3-4,7-12H2. The highest BCUT2D eigenvalue weighted by atomic mass is 16.3. The van der Waals surface area contributed by atoms with Gasteiger partial charge in [-0.2, -0.15) is 0 Å². The molecule has 22 heavy (non-hydrogen) atoms. The molecule has 1 heterocycles. The van der Waals surface area contributed by atoms with Crippen LogP contribution in [0.15, 0.2) is 24.3 Å². The number of hydrogen-bond acceptors (Lipinski definition) is 4. The number of aliphatic hydroxyl groups is 1. The number of unbranched alkanes of at least 4 members (excludes halogenated alkanes) is 1. The molecule has 0 spiro atoms. The first-order valence-corrected chi connectivity index (χ1v) is 8.02. The Morgan fingerprint density at radius 1 is 1.05 bits per heavy atom. The molecule has 3 rings (SSSR count). The third-order valence-electron chi connectivity index (χ3n) is 4.41. The number of fused-ring (bicyclic) bond motifs is 1. The molecular formula is C17H22N2O3. The van der Waals surface area contributed by atoms with E-state index >= 15 is 0 Å². The van der Waals surface area contributed by atoms with Crippen LogP contribution in [0.5, 0.6) is 0 Å². The van der Waals surface area contributed by atoms with Gasteiger partial charge >= 0.3 is 0 Å². The highest BCUT2D eigenvalue weighted by Gasteiger charge is 2.36. The number of carbonyl (C=O) groups is 2. The molecule has 0 atom stereocenters. The average molecular weight is 302 g/mol. The number of benzene rings is 1. The SMILES string of the molecule is O=C1c2ccccc2C(=O)N1CCN(CCCCO)C1CC1. The average Bonchev–Trinajstić information content (AvgIpc) is 3.34. The Hall–Kier alpha value is -1.72. The number of imide groups is 1. The summed E-state index contributed by atoms with van der Waals surface area (Å²) >= 11 is 0. The maximum atomic E-state index is 12.3. The van der Waals surface area contributed by atoms with Gasteiger partial charge in [0.2, 0.25) is 0 Å². The Bertz CT molecular complexity index is 534. The quantitative estimate of drug-likeness (QED) is 0.584. The molecule has 1 N–H and O–H groups in total. The van der Waals surface area contributed by atoms with Gasteiger partial charge < -0.3 is 5.11 Å². The lowest BCUT2D eigenvalue weighted by Gasteiger charge is -2.24. The molecule has 1 aliphatic carbocycles. The van der Waals surface area contributed by atoms with Crippen molar-refractivity contribution in [2.24, 2.45) is 0 Å². The molecule has 2 aliphatic rings. The first-order valence-electron chi connectivity index (χ1n) is 8.02. The van der Waals surface area contributed by atoms with Crippen molar-refractivity contribution in [3.63, 3.8) is 0 Å². The number of aliphatic hydroxyl groups excluding tert-OH is 1. The smallest absolute Gasteiger partial charge is 0.261 e. The highest BCUT2D eigenvalue weighted by Crippen LogP contribution is 2.28. The summed E-state index contributed by atoms with van der Waals surface area (Å²) in [6, 6.07) is 7.61. The number of rotatable bonds is 8. The van der Waals surface area contributed by atoms with Gasteiger partial charge in [0.25, 0.3) is 11.8 Å². The van der Waals surface area contributed by atoms with E-state index in [0.29, 0.717) is 23.7 Å². The molecule has 0 unspecified atom stereocenters. The van der Waals surface area contributed by atoms with Crippen molar-refractivity contribution in [1.29, 1.82) is 0 Å². The van der Waals surface area contributed by atoms with E-state index in [1.54, 1.807) is 24.3 Å². The molecule has 0 radical (unpaired) electrons. The van der Waals surface area contributed by atoms with E-state index in [-0.39, 0.29) is 18.4 Å². The van der Waals surface area contributed by atoms with Crippen molar-refractivity contribution in [2.45, 2.75) is 31.7 Å². The zero-order valence-corrected chi connectivity index (χ0v) is 12.7. The second-order valence-electron chi connectivity index (χ2n) is 6.01. The zero-order valence-electron chi connectivity index (χ0n) is 12.7. The molecule has 1 fully saturated rings. The fourth-order valence-electron chi connectivity index (χ4n) is 3.01. The molecule has 5 heteroatoms. The Morgan fingerprint density at radius 2 is 1.68 bits per heavy atom. The molecule has 1 aromatic carbocycles. The lowest BCUT2D eigenvalue weighted by molar-refractivity contribution is 0.0633. The topological polar surface area (TPSA) is 60.9 Å². The maximum absolute atomic E-state index is 12.3. The van der Waals surface area contributed by atoms with Gasteiger partial charge in [0.05, 0.1) is 11.1 Å². The molecule has 0 saturated heterocycles. The minimum atomic E-state index is -0.174. The van der Waals surface area contributed by atoms with E-state index in [9.17, 15) is 9.59 Å². The van der Waals surface area contributed by atoms with Crippen LogP contribution in [0.25, 0.3) is 0 Å². The second kappa shape index (κ2) is 6.58. The summed E-state index contributed by atoms with van der Waals surface area (Å²) in [5.41, 5.74) is 1.04. The third kappa shape index (κ3) is 3.05. The number of hydrogen-bond donors (Lipinski definition) is 1. The van der Waals surface area contributed by atoms with Crippen molar-refractivity contribution in [2.75, 3.05) is 26.2 Å². The van der Waals surface area contributed by atoms with Gasteiger partial charge in [-0.25, -0.2) is 0 Å². The van der Waals surface area contributed by atoms with E-state index in [2.05, 4.69) is 4.90 Å². The molecule has 5 nitrogen and oxygen atoms in total. The summed E-state index contributed by atoms with van der Waals surface area (Å²) in [6.07, 6.45) is 4.15. The molecular weight excluding hydrogens is 280 g/mol. The zero-order chi connectivity index (χ0) is 15.5. The van der Waals surface area contributed by atoms with Crippen LogP contribution in [0.4, 0.5) is 0 Å². The molecule has 118 valence electrons. The van der Waals surface area contributed by atoms with Crippen LogP contribution in [-0.4, -0.2) is 59.0 Å². The van der Waals surface area contributed by atoms with Crippen LogP contribution in [0.1, 0.15) is 46.4 Å². The number of nitrogens with zero attached hydrogens (tertiary/aromatic N) is 2. The lowest BCUT2D eigenvalue weighted by atomic mass is 10.1. The van der Waals surface area contributed by atoms with Gasteiger partial charge in [0, 0.05) is 25.7 Å². The van der Waals surface area contributed by atoms with Crippen LogP contribution in [0.2, 0.25) is 0 Å². The molecule has 1 saturated carbocycles. The summed E-state index contributed by atoms with van der Waals surface area (Å²) in [7, 11) is 0. The van der Waals surface area contributed by atoms with Gasteiger partial charge in [-0.15, -0.1) is 0 Å². The van der Waals surface area contributed by atoms with E-state index in [1.165, 1.54) is 17.7 Å². The fraction of sp³-hybridized carbons (Fsp3) is 0.529. The molecule has 0 bridgehead atoms. The van der Waals surface area contributed by atoms with Gasteiger partial charge in [-0.05, 0) is 44.4 Å². The van der Waals surface area contributed by atoms with Crippen LogP contribution in [0, 0.1) is 0 Å². The monoisotopic (exact) mass is 302 g/mol. The predicted molar refractivity (Wildman–Crippen MR) is 82.7 cm³/mol. The van der Waals surface area contributed by atoms with E-state index in [1.807, 2.05) is 0 Å². The van der Waals surface area contributed by atoms with Gasteiger partial charge in [-0.1, -0.05) is 12.1 Å². The minimum absolute atomic E-state index is 0.174. The second-order valence-corrected chi connectivity index (χ2v) is 6.01. The summed E-state index contributed by atoms with van der Waals surface area (Å²) in [5.74, 6) is -0.349. The first kappa shape index (κ1) is 15.2. The Morgan fingerprint density at radius 3 is 2.23 bits per heavy atom. The summed E-state index contributed by atoms with van der Waals surface area (Å²) in [6.45, 7) is 2.31. The Balaban J connectivity index is 1.59. The van der Waals surface area contributed by atoms with Crippen molar-refractivity contribution in [3.05, 3.63) is 35.4 Å². The van der Waals surface area contributed by atoms with Crippen LogP contribution in [0.3, 0.4) is 0 Å². The van der Waals surface area contributed by atoms with Crippen molar-refractivity contribution in [1.82, 2.24) is 9.80 Å². The van der Waals surface area contributed by atoms with Crippen molar-refractivity contribution >= 4 is 11.8 Å². The third-order valence-corrected chi connectivity index (χ3v) is 4.41. The van der Waals surface area contributed by atoms with Crippen LogP contribution >= 0.6 is 0 Å². The molecule has 1 aliphatic heterocycles. The molecule has 0 aromatic heterocycles. The van der Waals surface area contributed by atoms with Crippen molar-refractivity contribution in [3.8, 4) is 0 Å². The van der Waals surface area contributed by atoms with E-state index < -0.39 is 0 Å². The van der Waals surface area contributed by atoms with Crippen LogP contribution in [-0.2, 0) is 0 Å². The highest BCUT2D eigenvalue weighted by molar-refractivity contribution is 6.21. The summed E-state index contributed by atoms with van der Waals surface area (Å²) in [5, 5.41) is 8.89. The number of amides is 2. The normalized spacial score (nSPS) is 17.5. The Labute approximate surface area is 130 Å². The molecule has 2 amide bonds. The largest absolute Gasteiger partial charge is 0.396 e. The van der Waals surface area contributed by atoms with Crippen LogP contribution < -0.4 is 0 Å². The first-order chi connectivity index (χ1) is 10.7. The minimum Gasteiger partial charge on any atom is -0.396 e. The molecule has 1 aromatic rings. The summed E-state index contributed by atoms with van der Waals surface area (Å²) < 4.78 is 0. The van der Waals surface area contributed by atoms with E-state index in [4.69, 9.17) is 5.11 Å². The van der Waals surface area contributed by atoms with Gasteiger partial charge in [0.15, 0.2) is 0 Å². The number of carbonyl (C=O) groups excluding carboxylic acids is 2. The van der Waals surface area contributed by atoms with E-state index in [0.717, 1.165) is 25.9 Å². The maximum Gasteiger partial charge on any atom is 0.261 e. The predicted octanol–water partition coefficient (Wildman–Crippen LogP) is 1.52. The fourth-order valence-corrected chi connectivity index (χ4v) is 3.01. The lowest BCUT2D eigenvalue weighted by Crippen LogP contribution is -2.39. The van der Waals surface area contributed by atoms with Crippen molar-refractivity contribution < 1.29 is 14.7 Å².